The molecule has 0 aliphatic rings. The van der Waals surface area contributed by atoms with Crippen molar-refractivity contribution in [1.82, 2.24) is 4.98 Å². The minimum Gasteiger partial charge on any atom is -0.392 e. The molecule has 2 heterocycles. The number of hydrogen-bond acceptors (Lipinski definition) is 4. The van der Waals surface area contributed by atoms with Gasteiger partial charge in [-0.3, -0.25) is 0 Å². The van der Waals surface area contributed by atoms with Gasteiger partial charge in [-0.2, -0.15) is 0 Å². The highest BCUT2D eigenvalue weighted by atomic mass is 32.1. The third-order valence-corrected chi connectivity index (χ3v) is 4.60. The molecular formula is C17H18N2OS. The number of aliphatic hydroxyl groups excluding tert-OH is 1. The molecule has 21 heavy (non-hydrogen) atoms. The molecule has 0 amide bonds. The molecule has 3 nitrogen and oxygen atoms in total. The standard InChI is InChI=1S/C17H18N2OS/c1-19(9-8-14-5-4-10-21-14)17-16-7-3-2-6-15(16)13(12-20)11-18-17/h2-7,10-11,20H,8-9,12H2,1H3. The van der Waals surface area contributed by atoms with Crippen LogP contribution in [0, 0.1) is 0 Å². The minimum atomic E-state index is 0.0205. The molecule has 4 heteroatoms. The van der Waals surface area contributed by atoms with E-state index in [-0.39, 0.29) is 6.61 Å². The van der Waals surface area contributed by atoms with Gasteiger partial charge in [0.25, 0.3) is 0 Å². The van der Waals surface area contributed by atoms with E-state index in [4.69, 9.17) is 0 Å². The Morgan fingerprint density at radius 2 is 1.95 bits per heavy atom. The van der Waals surface area contributed by atoms with Crippen molar-refractivity contribution in [3.8, 4) is 0 Å². The van der Waals surface area contributed by atoms with E-state index in [0.29, 0.717) is 0 Å². The Morgan fingerprint density at radius 1 is 1.14 bits per heavy atom. The van der Waals surface area contributed by atoms with Crippen molar-refractivity contribution in [3.63, 3.8) is 0 Å². The normalized spacial score (nSPS) is 11.0. The number of thiophene rings is 1. The van der Waals surface area contributed by atoms with Crippen LogP contribution >= 0.6 is 11.3 Å². The number of pyridine rings is 1. The van der Waals surface area contributed by atoms with Crippen LogP contribution in [0.5, 0.6) is 0 Å². The van der Waals surface area contributed by atoms with E-state index in [1.54, 1.807) is 17.5 Å². The molecule has 0 aliphatic heterocycles. The molecule has 0 radical (unpaired) electrons. The Morgan fingerprint density at radius 3 is 2.67 bits per heavy atom. The fourth-order valence-electron chi connectivity index (χ4n) is 2.51. The number of likely N-dealkylation sites (N-methyl/N-ethyl adjacent to an activating group) is 1. The highest BCUT2D eigenvalue weighted by Crippen LogP contribution is 2.26. The van der Waals surface area contributed by atoms with Crippen molar-refractivity contribution in [1.29, 1.82) is 0 Å². The first kappa shape index (κ1) is 14.0. The van der Waals surface area contributed by atoms with Crippen LogP contribution in [0.15, 0.2) is 48.0 Å². The number of fused-ring (bicyclic) bond motifs is 1. The SMILES string of the molecule is CN(CCc1cccs1)c1ncc(CO)c2ccccc12. The van der Waals surface area contributed by atoms with Gasteiger partial charge in [-0.1, -0.05) is 30.3 Å². The van der Waals surface area contributed by atoms with Crippen LogP contribution in [0.1, 0.15) is 10.4 Å². The first-order valence-corrected chi connectivity index (χ1v) is 7.88. The third-order valence-electron chi connectivity index (χ3n) is 3.66. The van der Waals surface area contributed by atoms with Gasteiger partial charge in [0.15, 0.2) is 0 Å². The van der Waals surface area contributed by atoms with Gasteiger partial charge in [-0.25, -0.2) is 4.98 Å². The maximum Gasteiger partial charge on any atom is 0.136 e. The second kappa shape index (κ2) is 6.24. The summed E-state index contributed by atoms with van der Waals surface area (Å²) in [5.41, 5.74) is 0.876. The lowest BCUT2D eigenvalue weighted by Crippen LogP contribution is -2.21. The van der Waals surface area contributed by atoms with Crippen LogP contribution in [-0.2, 0) is 13.0 Å². The average molecular weight is 298 g/mol. The molecule has 108 valence electrons. The van der Waals surface area contributed by atoms with Crippen molar-refractivity contribution in [3.05, 3.63) is 58.4 Å². The Kier molecular flexibility index (Phi) is 4.18. The lowest BCUT2D eigenvalue weighted by molar-refractivity contribution is 0.283. The van der Waals surface area contributed by atoms with Crippen molar-refractivity contribution in [2.75, 3.05) is 18.5 Å². The van der Waals surface area contributed by atoms with E-state index in [9.17, 15) is 5.11 Å². The van der Waals surface area contributed by atoms with Crippen LogP contribution in [0.4, 0.5) is 5.82 Å². The molecule has 2 aromatic heterocycles. The second-order valence-corrected chi connectivity index (χ2v) is 6.09. The summed E-state index contributed by atoms with van der Waals surface area (Å²) in [7, 11) is 2.07. The molecule has 0 saturated heterocycles. The first-order chi connectivity index (χ1) is 10.3. The van der Waals surface area contributed by atoms with E-state index < -0.39 is 0 Å². The number of nitrogens with zero attached hydrogens (tertiary/aromatic N) is 2. The van der Waals surface area contributed by atoms with Crippen molar-refractivity contribution in [2.45, 2.75) is 13.0 Å². The van der Waals surface area contributed by atoms with E-state index in [2.05, 4.69) is 40.5 Å². The lowest BCUT2D eigenvalue weighted by Gasteiger charge is -2.20. The van der Waals surface area contributed by atoms with Crippen LogP contribution in [0.25, 0.3) is 10.8 Å². The maximum atomic E-state index is 9.44. The summed E-state index contributed by atoms with van der Waals surface area (Å²) >= 11 is 1.79. The predicted octanol–water partition coefficient (Wildman–Crippen LogP) is 3.47. The zero-order chi connectivity index (χ0) is 14.7. The van der Waals surface area contributed by atoms with E-state index in [0.717, 1.165) is 35.1 Å². The van der Waals surface area contributed by atoms with Crippen molar-refractivity contribution >= 4 is 27.9 Å². The molecule has 0 bridgehead atoms. The average Bonchev–Trinajstić information content (AvgIpc) is 3.05. The van der Waals surface area contributed by atoms with Crippen LogP contribution < -0.4 is 4.90 Å². The number of aliphatic hydroxyl groups is 1. The largest absolute Gasteiger partial charge is 0.392 e. The third kappa shape index (κ3) is 2.91. The first-order valence-electron chi connectivity index (χ1n) is 7.00. The van der Waals surface area contributed by atoms with Crippen LogP contribution in [-0.4, -0.2) is 23.7 Å². The molecule has 0 saturated carbocycles. The number of hydrogen-bond donors (Lipinski definition) is 1. The molecule has 0 atom stereocenters. The van der Waals surface area contributed by atoms with Gasteiger partial charge in [-0.05, 0) is 23.3 Å². The summed E-state index contributed by atoms with van der Waals surface area (Å²) in [5, 5.41) is 13.7. The van der Waals surface area contributed by atoms with Gasteiger partial charge in [0, 0.05) is 35.6 Å². The summed E-state index contributed by atoms with van der Waals surface area (Å²) < 4.78 is 0. The number of aromatic nitrogens is 1. The van der Waals surface area contributed by atoms with Crippen LogP contribution in [0.3, 0.4) is 0 Å². The predicted molar refractivity (Wildman–Crippen MR) is 89.0 cm³/mol. The summed E-state index contributed by atoms with van der Waals surface area (Å²) in [6.07, 6.45) is 2.80. The zero-order valence-corrected chi connectivity index (χ0v) is 12.8. The summed E-state index contributed by atoms with van der Waals surface area (Å²) in [5.74, 6) is 0.972. The van der Waals surface area contributed by atoms with Gasteiger partial charge in [0.05, 0.1) is 6.61 Å². The van der Waals surface area contributed by atoms with E-state index >= 15 is 0 Å². The Balaban J connectivity index is 1.89. The second-order valence-electron chi connectivity index (χ2n) is 5.06. The van der Waals surface area contributed by atoms with Gasteiger partial charge in [0.1, 0.15) is 5.82 Å². The van der Waals surface area contributed by atoms with Crippen LogP contribution in [0.2, 0.25) is 0 Å². The van der Waals surface area contributed by atoms with E-state index in [1.165, 1.54) is 4.88 Å². The molecule has 1 N–H and O–H groups in total. The van der Waals surface area contributed by atoms with E-state index in [1.807, 2.05) is 18.2 Å². The Bertz CT molecular complexity index is 725. The summed E-state index contributed by atoms with van der Waals surface area (Å²) in [4.78, 5) is 8.12. The Hall–Kier alpha value is -1.91. The summed E-state index contributed by atoms with van der Waals surface area (Å²) in [6.45, 7) is 0.947. The van der Waals surface area contributed by atoms with Gasteiger partial charge in [0.2, 0.25) is 0 Å². The lowest BCUT2D eigenvalue weighted by atomic mass is 10.1. The smallest absolute Gasteiger partial charge is 0.136 e. The molecule has 0 fully saturated rings. The topological polar surface area (TPSA) is 36.4 Å². The highest BCUT2D eigenvalue weighted by molar-refractivity contribution is 7.09. The van der Waals surface area contributed by atoms with Crippen molar-refractivity contribution < 1.29 is 5.11 Å². The maximum absolute atomic E-state index is 9.44. The van der Waals surface area contributed by atoms with Crippen molar-refractivity contribution in [2.24, 2.45) is 0 Å². The van der Waals surface area contributed by atoms with Gasteiger partial charge >= 0.3 is 0 Å². The quantitative estimate of drug-likeness (QED) is 0.783. The van der Waals surface area contributed by atoms with Gasteiger partial charge in [-0.15, -0.1) is 11.3 Å². The minimum absolute atomic E-state index is 0.0205. The monoisotopic (exact) mass is 298 g/mol. The molecule has 3 rings (SSSR count). The fourth-order valence-corrected chi connectivity index (χ4v) is 3.20. The number of anilines is 1. The zero-order valence-electron chi connectivity index (χ0n) is 12.0. The molecule has 1 aromatic carbocycles. The molecule has 0 aliphatic carbocycles. The molecular weight excluding hydrogens is 280 g/mol. The summed E-state index contributed by atoms with van der Waals surface area (Å²) in [6, 6.07) is 12.4. The van der Waals surface area contributed by atoms with Gasteiger partial charge < -0.3 is 10.0 Å². The Labute approximate surface area is 128 Å². The fraction of sp³-hybridized carbons (Fsp3) is 0.235. The molecule has 3 aromatic rings. The molecule has 0 spiro atoms. The number of rotatable bonds is 5. The molecule has 0 unspecified atom stereocenters. The number of benzene rings is 1. The highest BCUT2D eigenvalue weighted by Gasteiger charge is 2.10.